The van der Waals surface area contributed by atoms with Crippen LogP contribution in [0.3, 0.4) is 0 Å². The van der Waals surface area contributed by atoms with Gasteiger partial charge in [0.05, 0.1) is 10.7 Å². The Hall–Kier alpha value is -2.18. The van der Waals surface area contributed by atoms with Gasteiger partial charge in [0.2, 0.25) is 0 Å². The second-order valence-corrected chi connectivity index (χ2v) is 10.3. The molecule has 0 bridgehead atoms. The van der Waals surface area contributed by atoms with Crippen molar-refractivity contribution in [3.05, 3.63) is 62.6 Å². The van der Waals surface area contributed by atoms with Gasteiger partial charge in [-0.25, -0.2) is 9.37 Å². The van der Waals surface area contributed by atoms with E-state index >= 15 is 0 Å². The van der Waals surface area contributed by atoms with Crippen molar-refractivity contribution in [2.24, 2.45) is 5.41 Å². The van der Waals surface area contributed by atoms with E-state index in [1.807, 2.05) is 6.07 Å². The highest BCUT2D eigenvalue weighted by Crippen LogP contribution is 2.53. The average Bonchev–Trinajstić information content (AvgIpc) is 3.36. The number of nitrogens with one attached hydrogen (secondary N) is 1. The molecule has 1 N–H and O–H groups in total. The number of aromatic nitrogens is 2. The highest BCUT2D eigenvalue weighted by Gasteiger charge is 2.45. The molecule has 0 amide bonds. The second kappa shape index (κ2) is 7.70. The SMILES string of the molecule is O=c1[nH]c(C2=C[C@H](N3CCN(c4ccc(Cl)c(F)c4)CC3)CC2)nc2c1CC1(CC2)CC1. The number of aryl methyl sites for hydroxylation is 1. The molecule has 1 aliphatic heterocycles. The van der Waals surface area contributed by atoms with Crippen molar-refractivity contribution in [1.82, 2.24) is 14.9 Å². The Kier molecular flexibility index (Phi) is 4.92. The van der Waals surface area contributed by atoms with E-state index < -0.39 is 0 Å². The summed E-state index contributed by atoms with van der Waals surface area (Å²) in [7, 11) is 0. The molecule has 2 heterocycles. The second-order valence-electron chi connectivity index (χ2n) is 9.94. The topological polar surface area (TPSA) is 52.2 Å². The number of fused-ring (bicyclic) bond motifs is 1. The summed E-state index contributed by atoms with van der Waals surface area (Å²) < 4.78 is 13.8. The molecule has 2 fully saturated rings. The number of nitrogens with zero attached hydrogens (tertiary/aromatic N) is 3. The van der Waals surface area contributed by atoms with E-state index in [0.717, 1.165) is 74.6 Å². The summed E-state index contributed by atoms with van der Waals surface area (Å²) in [6.45, 7) is 3.57. The van der Waals surface area contributed by atoms with E-state index in [1.165, 1.54) is 30.9 Å². The van der Waals surface area contributed by atoms with Crippen molar-refractivity contribution in [3.8, 4) is 0 Å². The van der Waals surface area contributed by atoms with Gasteiger partial charge in [0.15, 0.2) is 0 Å². The molecule has 2 aromatic rings. The summed E-state index contributed by atoms with van der Waals surface area (Å²) >= 11 is 5.82. The van der Waals surface area contributed by atoms with E-state index in [1.54, 1.807) is 6.07 Å². The lowest BCUT2D eigenvalue weighted by atomic mass is 9.84. The van der Waals surface area contributed by atoms with Gasteiger partial charge in [-0.2, -0.15) is 0 Å². The van der Waals surface area contributed by atoms with E-state index in [9.17, 15) is 9.18 Å². The maximum atomic E-state index is 13.8. The largest absolute Gasteiger partial charge is 0.369 e. The number of rotatable bonds is 3. The Morgan fingerprint density at radius 2 is 1.94 bits per heavy atom. The smallest absolute Gasteiger partial charge is 0.254 e. The Morgan fingerprint density at radius 3 is 2.69 bits per heavy atom. The third-order valence-electron chi connectivity index (χ3n) is 7.96. The maximum Gasteiger partial charge on any atom is 0.254 e. The maximum absolute atomic E-state index is 13.8. The zero-order valence-electron chi connectivity index (χ0n) is 18.2. The standard InChI is InChI=1S/C25H28ClFN4O/c26-20-4-3-18(14-21(20)27)31-11-9-30(10-12-31)17-2-1-16(13-17)23-28-22-5-6-25(7-8-25)15-19(22)24(32)29-23/h3-4,13-14,17H,1-2,5-12,15H2,(H,28,29,32)/t17-/m1/s1. The number of allylic oxidation sites excluding steroid dienone is 1. The number of hydrogen-bond acceptors (Lipinski definition) is 4. The van der Waals surface area contributed by atoms with Gasteiger partial charge in [-0.1, -0.05) is 17.7 Å². The molecule has 7 heteroatoms. The van der Waals surface area contributed by atoms with Crippen molar-refractivity contribution in [2.45, 2.75) is 51.0 Å². The molecule has 0 unspecified atom stereocenters. The molecule has 5 nitrogen and oxygen atoms in total. The van der Waals surface area contributed by atoms with Crippen LogP contribution in [0.5, 0.6) is 0 Å². The molecule has 6 rings (SSSR count). The van der Waals surface area contributed by atoms with E-state index in [4.69, 9.17) is 16.6 Å². The summed E-state index contributed by atoms with van der Waals surface area (Å²) in [4.78, 5) is 25.5. The molecule has 1 atom stereocenters. The van der Waals surface area contributed by atoms with Gasteiger partial charge in [-0.15, -0.1) is 0 Å². The van der Waals surface area contributed by atoms with Crippen LogP contribution in [0.15, 0.2) is 29.1 Å². The van der Waals surface area contributed by atoms with Gasteiger partial charge >= 0.3 is 0 Å². The quantitative estimate of drug-likeness (QED) is 0.755. The Balaban J connectivity index is 1.14. The van der Waals surface area contributed by atoms with Crippen molar-refractivity contribution in [1.29, 1.82) is 0 Å². The first kappa shape index (κ1) is 20.4. The fourth-order valence-corrected chi connectivity index (χ4v) is 5.83. The Morgan fingerprint density at radius 1 is 1.12 bits per heavy atom. The van der Waals surface area contributed by atoms with Gasteiger partial charge in [0.1, 0.15) is 11.6 Å². The van der Waals surface area contributed by atoms with Crippen LogP contribution in [-0.4, -0.2) is 47.1 Å². The molecule has 1 saturated heterocycles. The molecule has 1 saturated carbocycles. The fourth-order valence-electron chi connectivity index (χ4n) is 5.72. The average molecular weight is 455 g/mol. The van der Waals surface area contributed by atoms with E-state index in [-0.39, 0.29) is 16.4 Å². The molecule has 3 aliphatic carbocycles. The highest BCUT2D eigenvalue weighted by molar-refractivity contribution is 6.30. The number of piperazine rings is 1. The van der Waals surface area contributed by atoms with Crippen molar-refractivity contribution in [3.63, 3.8) is 0 Å². The van der Waals surface area contributed by atoms with Gasteiger partial charge in [0.25, 0.3) is 5.56 Å². The van der Waals surface area contributed by atoms with Crippen LogP contribution >= 0.6 is 11.6 Å². The molecule has 1 aromatic heterocycles. The van der Waals surface area contributed by atoms with Crippen molar-refractivity contribution in [2.75, 3.05) is 31.1 Å². The van der Waals surface area contributed by atoms with Crippen LogP contribution in [-0.2, 0) is 12.8 Å². The normalized spacial score (nSPS) is 24.5. The molecule has 4 aliphatic rings. The number of aromatic amines is 1. The molecule has 1 spiro atoms. The first-order valence-corrected chi connectivity index (χ1v) is 12.1. The fraction of sp³-hybridized carbons (Fsp3) is 0.520. The van der Waals surface area contributed by atoms with Gasteiger partial charge in [0, 0.05) is 43.5 Å². The van der Waals surface area contributed by atoms with Gasteiger partial charge < -0.3 is 9.88 Å². The molecule has 0 radical (unpaired) electrons. The monoisotopic (exact) mass is 454 g/mol. The van der Waals surface area contributed by atoms with Crippen LogP contribution < -0.4 is 10.5 Å². The van der Waals surface area contributed by atoms with Crippen molar-refractivity contribution >= 4 is 22.9 Å². The van der Waals surface area contributed by atoms with Crippen LogP contribution in [0.4, 0.5) is 10.1 Å². The lowest BCUT2D eigenvalue weighted by molar-refractivity contribution is 0.214. The molecule has 32 heavy (non-hydrogen) atoms. The minimum atomic E-state index is -0.367. The van der Waals surface area contributed by atoms with E-state index in [0.29, 0.717) is 11.5 Å². The van der Waals surface area contributed by atoms with Gasteiger partial charge in [-0.3, -0.25) is 9.69 Å². The summed E-state index contributed by atoms with van der Waals surface area (Å²) in [5, 5.41) is 0.164. The minimum Gasteiger partial charge on any atom is -0.369 e. The number of benzene rings is 1. The van der Waals surface area contributed by atoms with Crippen LogP contribution in [0.25, 0.3) is 5.57 Å². The van der Waals surface area contributed by atoms with E-state index in [2.05, 4.69) is 20.9 Å². The number of anilines is 1. The summed E-state index contributed by atoms with van der Waals surface area (Å²) in [6, 6.07) is 5.40. The van der Waals surface area contributed by atoms with Crippen LogP contribution in [0.2, 0.25) is 5.02 Å². The zero-order chi connectivity index (χ0) is 21.9. The third-order valence-corrected chi connectivity index (χ3v) is 8.27. The molecule has 1 aromatic carbocycles. The summed E-state index contributed by atoms with van der Waals surface area (Å²) in [5.74, 6) is 0.409. The summed E-state index contributed by atoms with van der Waals surface area (Å²) in [6.07, 6.45) is 9.85. The van der Waals surface area contributed by atoms with Gasteiger partial charge in [-0.05, 0) is 74.1 Å². The molecule has 168 valence electrons. The lowest BCUT2D eigenvalue weighted by Crippen LogP contribution is -2.49. The number of halogens is 2. The summed E-state index contributed by atoms with van der Waals surface area (Å²) in [5.41, 5.74) is 4.50. The van der Waals surface area contributed by atoms with Crippen LogP contribution in [0.1, 0.15) is 49.2 Å². The number of H-pyrrole nitrogens is 1. The zero-order valence-corrected chi connectivity index (χ0v) is 18.9. The Bertz CT molecular complexity index is 1150. The van der Waals surface area contributed by atoms with Crippen molar-refractivity contribution < 1.29 is 4.39 Å². The predicted molar refractivity (Wildman–Crippen MR) is 125 cm³/mol. The van der Waals surface area contributed by atoms with Crippen LogP contribution in [0, 0.1) is 11.2 Å². The number of hydrogen-bond donors (Lipinski definition) is 1. The first-order valence-electron chi connectivity index (χ1n) is 11.8. The lowest BCUT2D eigenvalue weighted by Gasteiger charge is -2.38. The first-order chi connectivity index (χ1) is 15.5. The molecular formula is C25H28ClFN4O. The highest BCUT2D eigenvalue weighted by atomic mass is 35.5. The Labute approximate surface area is 192 Å². The molecular weight excluding hydrogens is 427 g/mol. The third kappa shape index (κ3) is 3.67. The predicted octanol–water partition coefficient (Wildman–Crippen LogP) is 4.20. The minimum absolute atomic E-state index is 0.0733.